The van der Waals surface area contributed by atoms with Crippen LogP contribution in [0.4, 0.5) is 0 Å². The molecule has 1 saturated carbocycles. The van der Waals surface area contributed by atoms with Crippen molar-refractivity contribution in [1.29, 1.82) is 0 Å². The van der Waals surface area contributed by atoms with Gasteiger partial charge >= 0.3 is 0 Å². The van der Waals surface area contributed by atoms with Crippen LogP contribution in [-0.2, 0) is 4.74 Å². The molecule has 0 bridgehead atoms. The van der Waals surface area contributed by atoms with Crippen molar-refractivity contribution >= 4 is 0 Å². The Labute approximate surface area is 101 Å². The van der Waals surface area contributed by atoms with Crippen LogP contribution in [0.1, 0.15) is 59.3 Å². The van der Waals surface area contributed by atoms with E-state index in [1.54, 1.807) is 0 Å². The maximum atomic E-state index is 6.39. The van der Waals surface area contributed by atoms with Gasteiger partial charge in [-0.3, -0.25) is 0 Å². The first-order chi connectivity index (χ1) is 7.69. The second-order valence-corrected chi connectivity index (χ2v) is 5.38. The summed E-state index contributed by atoms with van der Waals surface area (Å²) in [5.74, 6) is 1.60. The average molecular weight is 227 g/mol. The molecule has 1 aliphatic rings. The Bertz CT molecular complexity index is 170. The summed E-state index contributed by atoms with van der Waals surface area (Å²) in [7, 11) is 0. The second kappa shape index (κ2) is 7.29. The SMILES string of the molecule is CCCC(OCC)C(N)C1CCC(C)CC1. The molecule has 0 aromatic carbocycles. The van der Waals surface area contributed by atoms with Crippen LogP contribution in [0, 0.1) is 11.8 Å². The van der Waals surface area contributed by atoms with Gasteiger partial charge in [-0.25, -0.2) is 0 Å². The molecule has 16 heavy (non-hydrogen) atoms. The topological polar surface area (TPSA) is 35.2 Å². The van der Waals surface area contributed by atoms with Crippen LogP contribution in [-0.4, -0.2) is 18.8 Å². The minimum atomic E-state index is 0.257. The Hall–Kier alpha value is -0.0800. The highest BCUT2D eigenvalue weighted by Gasteiger charge is 2.29. The Morgan fingerprint density at radius 3 is 2.31 bits per heavy atom. The fourth-order valence-corrected chi connectivity index (χ4v) is 2.86. The van der Waals surface area contributed by atoms with Gasteiger partial charge in [0.1, 0.15) is 0 Å². The summed E-state index contributed by atoms with van der Waals surface area (Å²) in [6.45, 7) is 7.43. The molecule has 0 aromatic rings. The third-order valence-corrected chi connectivity index (χ3v) is 3.99. The highest BCUT2D eigenvalue weighted by Crippen LogP contribution is 2.31. The van der Waals surface area contributed by atoms with Crippen LogP contribution in [0.15, 0.2) is 0 Å². The molecule has 0 saturated heterocycles. The first-order valence-electron chi connectivity index (χ1n) is 7.06. The van der Waals surface area contributed by atoms with Crippen LogP contribution in [0.25, 0.3) is 0 Å². The van der Waals surface area contributed by atoms with Gasteiger partial charge in [0.2, 0.25) is 0 Å². The lowest BCUT2D eigenvalue weighted by molar-refractivity contribution is 0.0159. The van der Waals surface area contributed by atoms with Crippen molar-refractivity contribution in [3.05, 3.63) is 0 Å². The van der Waals surface area contributed by atoms with Crippen molar-refractivity contribution in [2.45, 2.75) is 71.4 Å². The number of rotatable bonds is 6. The molecule has 0 aliphatic heterocycles. The van der Waals surface area contributed by atoms with Gasteiger partial charge in [0.05, 0.1) is 6.10 Å². The summed E-state index contributed by atoms with van der Waals surface area (Å²) in [6, 6.07) is 0.257. The van der Waals surface area contributed by atoms with Gasteiger partial charge in [0.25, 0.3) is 0 Å². The number of nitrogens with two attached hydrogens (primary N) is 1. The molecule has 2 atom stereocenters. The van der Waals surface area contributed by atoms with Gasteiger partial charge < -0.3 is 10.5 Å². The number of ether oxygens (including phenoxy) is 1. The highest BCUT2D eigenvalue weighted by molar-refractivity contribution is 4.84. The Morgan fingerprint density at radius 2 is 1.81 bits per heavy atom. The van der Waals surface area contributed by atoms with Crippen molar-refractivity contribution in [3.8, 4) is 0 Å². The predicted molar refractivity (Wildman–Crippen MR) is 69.4 cm³/mol. The zero-order chi connectivity index (χ0) is 12.0. The summed E-state index contributed by atoms with van der Waals surface area (Å²) >= 11 is 0. The Kier molecular flexibility index (Phi) is 6.37. The van der Waals surface area contributed by atoms with Crippen LogP contribution in [0.3, 0.4) is 0 Å². The molecule has 96 valence electrons. The number of hydrogen-bond donors (Lipinski definition) is 1. The van der Waals surface area contributed by atoms with Crippen molar-refractivity contribution in [3.63, 3.8) is 0 Å². The fraction of sp³-hybridized carbons (Fsp3) is 1.00. The lowest BCUT2D eigenvalue weighted by Crippen LogP contribution is -2.44. The zero-order valence-corrected chi connectivity index (χ0v) is 11.2. The quantitative estimate of drug-likeness (QED) is 0.755. The van der Waals surface area contributed by atoms with E-state index in [0.29, 0.717) is 5.92 Å². The molecule has 0 radical (unpaired) electrons. The van der Waals surface area contributed by atoms with Crippen molar-refractivity contribution in [1.82, 2.24) is 0 Å². The van der Waals surface area contributed by atoms with Gasteiger partial charge in [-0.05, 0) is 38.0 Å². The Balaban J connectivity index is 2.42. The van der Waals surface area contributed by atoms with Gasteiger partial charge in [-0.2, -0.15) is 0 Å². The summed E-state index contributed by atoms with van der Waals surface area (Å²) < 4.78 is 5.80. The molecule has 1 rings (SSSR count). The van der Waals surface area contributed by atoms with E-state index in [1.165, 1.54) is 32.1 Å². The number of hydrogen-bond acceptors (Lipinski definition) is 2. The molecule has 1 aliphatic carbocycles. The first kappa shape index (κ1) is 14.0. The smallest absolute Gasteiger partial charge is 0.0728 e. The maximum absolute atomic E-state index is 6.39. The molecule has 0 aromatic heterocycles. The van der Waals surface area contributed by atoms with Gasteiger partial charge in [0.15, 0.2) is 0 Å². The molecular formula is C14H29NO. The molecule has 0 spiro atoms. The van der Waals surface area contributed by atoms with E-state index >= 15 is 0 Å². The summed E-state index contributed by atoms with van der Waals surface area (Å²) in [6.07, 6.45) is 7.87. The lowest BCUT2D eigenvalue weighted by Gasteiger charge is -2.34. The van der Waals surface area contributed by atoms with Crippen molar-refractivity contribution < 1.29 is 4.74 Å². The molecule has 0 amide bonds. The highest BCUT2D eigenvalue weighted by atomic mass is 16.5. The van der Waals surface area contributed by atoms with Gasteiger partial charge in [-0.15, -0.1) is 0 Å². The minimum Gasteiger partial charge on any atom is -0.377 e. The molecule has 2 unspecified atom stereocenters. The molecule has 2 nitrogen and oxygen atoms in total. The standard InChI is InChI=1S/C14H29NO/c1-4-6-13(16-5-2)14(15)12-9-7-11(3)8-10-12/h11-14H,4-10,15H2,1-3H3. The van der Waals surface area contributed by atoms with E-state index < -0.39 is 0 Å². The Morgan fingerprint density at radius 1 is 1.19 bits per heavy atom. The van der Waals surface area contributed by atoms with Gasteiger partial charge in [0, 0.05) is 12.6 Å². The molecule has 2 heteroatoms. The van der Waals surface area contributed by atoms with E-state index in [9.17, 15) is 0 Å². The van der Waals surface area contributed by atoms with Crippen LogP contribution >= 0.6 is 0 Å². The first-order valence-corrected chi connectivity index (χ1v) is 7.06. The van der Waals surface area contributed by atoms with Crippen molar-refractivity contribution in [2.24, 2.45) is 17.6 Å². The van der Waals surface area contributed by atoms with E-state index in [1.807, 2.05) is 0 Å². The van der Waals surface area contributed by atoms with E-state index in [-0.39, 0.29) is 12.1 Å². The van der Waals surface area contributed by atoms with Crippen LogP contribution in [0.2, 0.25) is 0 Å². The summed E-state index contributed by atoms with van der Waals surface area (Å²) in [5, 5.41) is 0. The van der Waals surface area contributed by atoms with E-state index in [4.69, 9.17) is 10.5 Å². The third kappa shape index (κ3) is 4.06. The van der Waals surface area contributed by atoms with Crippen LogP contribution in [0.5, 0.6) is 0 Å². The molecular weight excluding hydrogens is 198 g/mol. The predicted octanol–water partition coefficient (Wildman–Crippen LogP) is 3.35. The zero-order valence-electron chi connectivity index (χ0n) is 11.2. The lowest BCUT2D eigenvalue weighted by atomic mass is 9.77. The molecule has 1 fully saturated rings. The molecule has 2 N–H and O–H groups in total. The van der Waals surface area contributed by atoms with E-state index in [0.717, 1.165) is 18.9 Å². The minimum absolute atomic E-state index is 0.257. The van der Waals surface area contributed by atoms with Gasteiger partial charge in [-0.1, -0.05) is 33.1 Å². The second-order valence-electron chi connectivity index (χ2n) is 5.38. The summed E-state index contributed by atoms with van der Waals surface area (Å²) in [4.78, 5) is 0. The third-order valence-electron chi connectivity index (χ3n) is 3.99. The van der Waals surface area contributed by atoms with E-state index in [2.05, 4.69) is 20.8 Å². The largest absolute Gasteiger partial charge is 0.377 e. The van der Waals surface area contributed by atoms with Crippen LogP contribution < -0.4 is 5.73 Å². The fourth-order valence-electron chi connectivity index (χ4n) is 2.86. The van der Waals surface area contributed by atoms with Crippen molar-refractivity contribution in [2.75, 3.05) is 6.61 Å². The monoisotopic (exact) mass is 227 g/mol. The molecule has 0 heterocycles. The normalized spacial score (nSPS) is 30.0. The average Bonchev–Trinajstić information content (AvgIpc) is 2.29. The maximum Gasteiger partial charge on any atom is 0.0728 e. The summed E-state index contributed by atoms with van der Waals surface area (Å²) in [5.41, 5.74) is 6.39.